The highest BCUT2D eigenvalue weighted by atomic mass is 19.1. The van der Waals surface area contributed by atoms with Crippen molar-refractivity contribution in [1.29, 1.82) is 0 Å². The second-order valence-electron chi connectivity index (χ2n) is 4.83. The lowest BCUT2D eigenvalue weighted by Gasteiger charge is -2.18. The van der Waals surface area contributed by atoms with Gasteiger partial charge >= 0.3 is 0 Å². The van der Waals surface area contributed by atoms with Gasteiger partial charge in [0.25, 0.3) is 5.91 Å². The molecular formula is C17H17F2NO2. The van der Waals surface area contributed by atoms with E-state index in [2.05, 4.69) is 5.32 Å². The second-order valence-corrected chi connectivity index (χ2v) is 4.83. The molecule has 0 bridgehead atoms. The topological polar surface area (TPSA) is 38.3 Å². The summed E-state index contributed by atoms with van der Waals surface area (Å²) in [6.07, 6.45) is 0.640. The standard InChI is InChI=1S/C17H17F2NO2/c1-3-16(11-4-7-13(22-2)8-5-11)20-17(21)14-9-6-12(18)10-15(14)19/h4-10,16H,3H2,1-2H3,(H,20,21)/t16-/m1/s1. The van der Waals surface area contributed by atoms with Gasteiger partial charge in [0.1, 0.15) is 17.4 Å². The van der Waals surface area contributed by atoms with Gasteiger partial charge in [0.2, 0.25) is 0 Å². The van der Waals surface area contributed by atoms with Crippen LogP contribution in [0.1, 0.15) is 35.3 Å². The van der Waals surface area contributed by atoms with Gasteiger partial charge in [0.05, 0.1) is 18.7 Å². The van der Waals surface area contributed by atoms with E-state index in [4.69, 9.17) is 4.74 Å². The van der Waals surface area contributed by atoms with Crippen molar-refractivity contribution in [3.05, 3.63) is 65.2 Å². The van der Waals surface area contributed by atoms with Gasteiger partial charge in [-0.05, 0) is 36.2 Å². The van der Waals surface area contributed by atoms with Crippen LogP contribution in [-0.4, -0.2) is 13.0 Å². The Balaban J connectivity index is 2.16. The average Bonchev–Trinajstić information content (AvgIpc) is 2.52. The van der Waals surface area contributed by atoms with Crippen LogP contribution in [0, 0.1) is 11.6 Å². The molecule has 0 aromatic heterocycles. The van der Waals surface area contributed by atoms with Crippen molar-refractivity contribution in [1.82, 2.24) is 5.32 Å². The lowest BCUT2D eigenvalue weighted by atomic mass is 10.0. The highest BCUT2D eigenvalue weighted by molar-refractivity contribution is 5.94. The number of carbonyl (C=O) groups is 1. The minimum absolute atomic E-state index is 0.173. The predicted octanol–water partition coefficient (Wildman–Crippen LogP) is 3.85. The third-order valence-corrected chi connectivity index (χ3v) is 3.41. The third kappa shape index (κ3) is 3.61. The Morgan fingerprint density at radius 2 is 1.86 bits per heavy atom. The summed E-state index contributed by atoms with van der Waals surface area (Å²) in [4.78, 5) is 12.1. The first-order chi connectivity index (χ1) is 10.5. The molecule has 0 spiro atoms. The fraction of sp³-hybridized carbons (Fsp3) is 0.235. The lowest BCUT2D eigenvalue weighted by molar-refractivity contribution is 0.0931. The molecule has 2 aromatic carbocycles. The van der Waals surface area contributed by atoms with Crippen LogP contribution >= 0.6 is 0 Å². The number of amides is 1. The van der Waals surface area contributed by atoms with Crippen LogP contribution < -0.4 is 10.1 Å². The van der Waals surface area contributed by atoms with Gasteiger partial charge in [0.15, 0.2) is 0 Å². The SMILES string of the molecule is CC[C@@H](NC(=O)c1ccc(F)cc1F)c1ccc(OC)cc1. The number of nitrogens with one attached hydrogen (secondary N) is 1. The monoisotopic (exact) mass is 305 g/mol. The minimum Gasteiger partial charge on any atom is -0.497 e. The first-order valence-electron chi connectivity index (χ1n) is 6.95. The summed E-state index contributed by atoms with van der Waals surface area (Å²) in [6, 6.07) is 9.91. The van der Waals surface area contributed by atoms with Crippen LogP contribution in [0.4, 0.5) is 8.78 Å². The van der Waals surface area contributed by atoms with Crippen molar-refractivity contribution in [2.24, 2.45) is 0 Å². The van der Waals surface area contributed by atoms with E-state index in [1.54, 1.807) is 19.2 Å². The predicted molar refractivity (Wildman–Crippen MR) is 79.9 cm³/mol. The van der Waals surface area contributed by atoms with E-state index in [0.717, 1.165) is 23.4 Å². The van der Waals surface area contributed by atoms with E-state index in [9.17, 15) is 13.6 Å². The summed E-state index contributed by atoms with van der Waals surface area (Å²) in [5.74, 6) is -1.44. The summed E-state index contributed by atoms with van der Waals surface area (Å²) in [5.41, 5.74) is 0.715. The van der Waals surface area contributed by atoms with Crippen LogP contribution in [0.2, 0.25) is 0 Å². The Bertz CT molecular complexity index is 656. The molecular weight excluding hydrogens is 288 g/mol. The fourth-order valence-corrected chi connectivity index (χ4v) is 2.17. The molecule has 2 aromatic rings. The molecule has 2 rings (SSSR count). The number of hydrogen-bond acceptors (Lipinski definition) is 2. The van der Waals surface area contributed by atoms with Gasteiger partial charge in [-0.3, -0.25) is 4.79 Å². The van der Waals surface area contributed by atoms with Crippen LogP contribution in [0.25, 0.3) is 0 Å². The van der Waals surface area contributed by atoms with E-state index >= 15 is 0 Å². The summed E-state index contributed by atoms with van der Waals surface area (Å²) >= 11 is 0. The molecule has 1 atom stereocenters. The lowest BCUT2D eigenvalue weighted by Crippen LogP contribution is -2.28. The Kier molecular flexibility index (Phi) is 5.09. The van der Waals surface area contributed by atoms with Crippen molar-refractivity contribution in [2.45, 2.75) is 19.4 Å². The first kappa shape index (κ1) is 15.9. The quantitative estimate of drug-likeness (QED) is 0.911. The Morgan fingerprint density at radius 3 is 2.41 bits per heavy atom. The van der Waals surface area contributed by atoms with Crippen LogP contribution in [0.5, 0.6) is 5.75 Å². The number of rotatable bonds is 5. The number of benzene rings is 2. The summed E-state index contributed by atoms with van der Waals surface area (Å²) in [6.45, 7) is 1.91. The number of halogens is 2. The molecule has 22 heavy (non-hydrogen) atoms. The number of hydrogen-bond donors (Lipinski definition) is 1. The van der Waals surface area contributed by atoms with E-state index < -0.39 is 17.5 Å². The molecule has 0 radical (unpaired) electrons. The van der Waals surface area contributed by atoms with Gasteiger partial charge in [-0.1, -0.05) is 19.1 Å². The molecule has 5 heteroatoms. The normalized spacial score (nSPS) is 11.8. The summed E-state index contributed by atoms with van der Waals surface area (Å²) < 4.78 is 31.6. The zero-order valence-electron chi connectivity index (χ0n) is 12.4. The van der Waals surface area contributed by atoms with E-state index in [1.165, 1.54) is 0 Å². The largest absolute Gasteiger partial charge is 0.497 e. The number of methoxy groups -OCH3 is 1. The Hall–Kier alpha value is -2.43. The van der Waals surface area contributed by atoms with Gasteiger partial charge in [-0.25, -0.2) is 8.78 Å². The second kappa shape index (κ2) is 7.02. The van der Waals surface area contributed by atoms with Gasteiger partial charge in [0, 0.05) is 6.07 Å². The van der Waals surface area contributed by atoms with E-state index in [0.29, 0.717) is 12.5 Å². The van der Waals surface area contributed by atoms with Crippen LogP contribution in [0.15, 0.2) is 42.5 Å². The zero-order valence-corrected chi connectivity index (χ0v) is 12.4. The summed E-state index contributed by atoms with van der Waals surface area (Å²) in [5, 5.41) is 2.75. The van der Waals surface area contributed by atoms with Gasteiger partial charge in [-0.2, -0.15) is 0 Å². The van der Waals surface area contributed by atoms with Crippen molar-refractivity contribution >= 4 is 5.91 Å². The zero-order chi connectivity index (χ0) is 16.1. The van der Waals surface area contributed by atoms with Crippen molar-refractivity contribution in [3.8, 4) is 5.75 Å². The van der Waals surface area contributed by atoms with Gasteiger partial charge in [-0.15, -0.1) is 0 Å². The molecule has 1 N–H and O–H groups in total. The maximum Gasteiger partial charge on any atom is 0.254 e. The molecule has 0 unspecified atom stereocenters. The van der Waals surface area contributed by atoms with Crippen LogP contribution in [0.3, 0.4) is 0 Å². The molecule has 0 saturated carbocycles. The molecule has 0 saturated heterocycles. The van der Waals surface area contributed by atoms with Gasteiger partial charge < -0.3 is 10.1 Å². The Labute approximate surface area is 127 Å². The summed E-state index contributed by atoms with van der Waals surface area (Å²) in [7, 11) is 1.57. The van der Waals surface area contributed by atoms with E-state index in [-0.39, 0.29) is 11.6 Å². The first-order valence-corrected chi connectivity index (χ1v) is 6.95. The molecule has 3 nitrogen and oxygen atoms in total. The maximum atomic E-state index is 13.6. The highest BCUT2D eigenvalue weighted by Gasteiger charge is 2.17. The molecule has 0 aliphatic carbocycles. The minimum atomic E-state index is -0.873. The van der Waals surface area contributed by atoms with Crippen molar-refractivity contribution in [3.63, 3.8) is 0 Å². The maximum absolute atomic E-state index is 13.6. The Morgan fingerprint density at radius 1 is 1.18 bits per heavy atom. The van der Waals surface area contributed by atoms with Crippen LogP contribution in [-0.2, 0) is 0 Å². The van der Waals surface area contributed by atoms with Crippen molar-refractivity contribution < 1.29 is 18.3 Å². The molecule has 0 heterocycles. The smallest absolute Gasteiger partial charge is 0.254 e. The molecule has 0 aliphatic heterocycles. The highest BCUT2D eigenvalue weighted by Crippen LogP contribution is 2.21. The number of carbonyl (C=O) groups excluding carboxylic acids is 1. The molecule has 0 aliphatic rings. The molecule has 116 valence electrons. The average molecular weight is 305 g/mol. The molecule has 1 amide bonds. The molecule has 0 fully saturated rings. The van der Waals surface area contributed by atoms with Crippen molar-refractivity contribution in [2.75, 3.05) is 7.11 Å². The third-order valence-electron chi connectivity index (χ3n) is 3.41. The van der Waals surface area contributed by atoms with E-state index in [1.807, 2.05) is 19.1 Å². The number of ether oxygens (including phenoxy) is 1. The fourth-order valence-electron chi connectivity index (χ4n) is 2.17.